The molecule has 12 heavy (non-hydrogen) atoms. The lowest BCUT2D eigenvalue weighted by Crippen LogP contribution is -2.10. The first-order valence-corrected chi connectivity index (χ1v) is 4.86. The van der Waals surface area contributed by atoms with Crippen molar-refractivity contribution in [2.24, 2.45) is 5.92 Å². The summed E-state index contributed by atoms with van der Waals surface area (Å²) in [5.74, 6) is 0.452. The van der Waals surface area contributed by atoms with Crippen LogP contribution in [-0.4, -0.2) is 12.6 Å². The molecule has 2 nitrogen and oxygen atoms in total. The number of hydrogen-bond acceptors (Lipinski definition) is 2. The zero-order valence-electron chi connectivity index (χ0n) is 8.43. The maximum atomic E-state index is 11.0. The Kier molecular flexibility index (Phi) is 6.82. The van der Waals surface area contributed by atoms with E-state index in [-0.39, 0.29) is 5.97 Å². The molecule has 0 N–H and O–H groups in total. The zero-order valence-corrected chi connectivity index (χ0v) is 8.43. The predicted octanol–water partition coefficient (Wildman–Crippen LogP) is 2.77. The van der Waals surface area contributed by atoms with Crippen LogP contribution in [0.5, 0.6) is 0 Å². The van der Waals surface area contributed by atoms with Gasteiger partial charge < -0.3 is 4.74 Å². The molecule has 0 spiro atoms. The molecule has 72 valence electrons. The number of carbonyl (C=O) groups is 1. The van der Waals surface area contributed by atoms with Crippen LogP contribution >= 0.6 is 0 Å². The van der Waals surface area contributed by atoms with Crippen molar-refractivity contribution >= 4 is 5.97 Å². The molecule has 0 fully saturated rings. The van der Waals surface area contributed by atoms with Crippen LogP contribution in [0.3, 0.4) is 0 Å². The highest BCUT2D eigenvalue weighted by atomic mass is 16.5. The summed E-state index contributed by atoms with van der Waals surface area (Å²) in [7, 11) is 0. The summed E-state index contributed by atoms with van der Waals surface area (Å²) in [6.45, 7) is 6.85. The van der Waals surface area contributed by atoms with Crippen molar-refractivity contribution in [1.29, 1.82) is 0 Å². The van der Waals surface area contributed by atoms with E-state index in [1.807, 2.05) is 0 Å². The minimum atomic E-state index is -0.0443. The van der Waals surface area contributed by atoms with Crippen LogP contribution in [0.2, 0.25) is 0 Å². The van der Waals surface area contributed by atoms with Crippen LogP contribution in [0, 0.1) is 5.92 Å². The fourth-order valence-electron chi connectivity index (χ4n) is 0.746. The van der Waals surface area contributed by atoms with Gasteiger partial charge in [-0.05, 0) is 12.3 Å². The maximum Gasteiger partial charge on any atom is 0.305 e. The van der Waals surface area contributed by atoms with E-state index in [0.29, 0.717) is 18.9 Å². The van der Waals surface area contributed by atoms with E-state index in [1.165, 1.54) is 0 Å². The summed E-state index contributed by atoms with van der Waals surface area (Å²) in [6.07, 6.45) is 3.64. The number of carbonyl (C=O) groups excluding carboxylic acids is 1. The topological polar surface area (TPSA) is 26.3 Å². The standard InChI is InChI=1S/C10H20O2/c1-4-6-7-10(11)12-8-9(3)5-2/h9H,4-8H2,1-3H3/t9-/m1/s1. The average Bonchev–Trinajstić information content (AvgIpc) is 2.10. The number of ether oxygens (including phenoxy) is 1. The van der Waals surface area contributed by atoms with Gasteiger partial charge in [-0.1, -0.05) is 33.6 Å². The molecule has 0 aromatic carbocycles. The largest absolute Gasteiger partial charge is 0.465 e. The molecule has 2 heteroatoms. The number of hydrogen-bond donors (Lipinski definition) is 0. The normalized spacial score (nSPS) is 12.6. The third-order valence-electron chi connectivity index (χ3n) is 1.96. The first-order chi connectivity index (χ1) is 5.70. The van der Waals surface area contributed by atoms with Crippen molar-refractivity contribution in [2.75, 3.05) is 6.61 Å². The Balaban J connectivity index is 3.31. The van der Waals surface area contributed by atoms with Crippen LogP contribution in [0.25, 0.3) is 0 Å². The molecular formula is C10H20O2. The zero-order chi connectivity index (χ0) is 9.40. The molecule has 0 bridgehead atoms. The monoisotopic (exact) mass is 172 g/mol. The van der Waals surface area contributed by atoms with Gasteiger partial charge in [0.15, 0.2) is 0 Å². The second-order valence-corrected chi connectivity index (χ2v) is 3.30. The molecule has 0 aliphatic carbocycles. The second kappa shape index (κ2) is 7.14. The van der Waals surface area contributed by atoms with E-state index < -0.39 is 0 Å². The third kappa shape index (κ3) is 6.20. The average molecular weight is 172 g/mol. The molecule has 0 aliphatic rings. The molecule has 0 radical (unpaired) electrons. The van der Waals surface area contributed by atoms with Gasteiger partial charge in [-0.25, -0.2) is 0 Å². The van der Waals surface area contributed by atoms with Crippen LogP contribution < -0.4 is 0 Å². The Morgan fingerprint density at radius 1 is 1.42 bits per heavy atom. The first-order valence-electron chi connectivity index (χ1n) is 4.86. The highest BCUT2D eigenvalue weighted by Gasteiger charge is 2.04. The van der Waals surface area contributed by atoms with Crippen molar-refractivity contribution in [2.45, 2.75) is 46.5 Å². The van der Waals surface area contributed by atoms with Crippen LogP contribution in [0.4, 0.5) is 0 Å². The van der Waals surface area contributed by atoms with E-state index in [9.17, 15) is 4.79 Å². The van der Waals surface area contributed by atoms with E-state index in [0.717, 1.165) is 19.3 Å². The number of unbranched alkanes of at least 4 members (excludes halogenated alkanes) is 1. The van der Waals surface area contributed by atoms with E-state index in [2.05, 4.69) is 20.8 Å². The molecule has 0 rings (SSSR count). The second-order valence-electron chi connectivity index (χ2n) is 3.30. The molecule has 0 unspecified atom stereocenters. The van der Waals surface area contributed by atoms with E-state index in [4.69, 9.17) is 4.74 Å². The lowest BCUT2D eigenvalue weighted by molar-refractivity contribution is -0.145. The van der Waals surface area contributed by atoms with Crippen molar-refractivity contribution in [3.05, 3.63) is 0 Å². The minimum absolute atomic E-state index is 0.0443. The molecule has 1 atom stereocenters. The van der Waals surface area contributed by atoms with Gasteiger partial charge in [-0.3, -0.25) is 4.79 Å². The lowest BCUT2D eigenvalue weighted by Gasteiger charge is -2.08. The van der Waals surface area contributed by atoms with Crippen molar-refractivity contribution in [3.63, 3.8) is 0 Å². The smallest absolute Gasteiger partial charge is 0.305 e. The fourth-order valence-corrected chi connectivity index (χ4v) is 0.746. The number of esters is 1. The summed E-state index contributed by atoms with van der Waals surface area (Å²) in [6, 6.07) is 0. The van der Waals surface area contributed by atoms with Gasteiger partial charge >= 0.3 is 5.97 Å². The van der Waals surface area contributed by atoms with Crippen LogP contribution in [0.15, 0.2) is 0 Å². The summed E-state index contributed by atoms with van der Waals surface area (Å²) >= 11 is 0. The maximum absolute atomic E-state index is 11.0. The molecular weight excluding hydrogens is 152 g/mol. The van der Waals surface area contributed by atoms with Gasteiger partial charge in [0.1, 0.15) is 0 Å². The SMILES string of the molecule is CCCCC(=O)OC[C@H](C)CC. The van der Waals surface area contributed by atoms with E-state index in [1.54, 1.807) is 0 Å². The van der Waals surface area contributed by atoms with Crippen LogP contribution in [-0.2, 0) is 9.53 Å². The summed E-state index contributed by atoms with van der Waals surface area (Å²) in [4.78, 5) is 11.0. The molecule has 0 heterocycles. The van der Waals surface area contributed by atoms with Gasteiger partial charge in [0.05, 0.1) is 6.61 Å². The molecule has 0 aromatic rings. The highest BCUT2D eigenvalue weighted by molar-refractivity contribution is 5.69. The molecule has 0 aliphatic heterocycles. The van der Waals surface area contributed by atoms with Gasteiger partial charge in [0.2, 0.25) is 0 Å². The third-order valence-corrected chi connectivity index (χ3v) is 1.96. The summed E-state index contributed by atoms with van der Waals surface area (Å²) in [5.41, 5.74) is 0. The van der Waals surface area contributed by atoms with Crippen molar-refractivity contribution in [3.8, 4) is 0 Å². The Morgan fingerprint density at radius 3 is 2.58 bits per heavy atom. The quantitative estimate of drug-likeness (QED) is 0.576. The van der Waals surface area contributed by atoms with Gasteiger partial charge in [-0.2, -0.15) is 0 Å². The Bertz CT molecular complexity index is 121. The molecule has 0 amide bonds. The summed E-state index contributed by atoms with van der Waals surface area (Å²) < 4.78 is 5.06. The number of rotatable bonds is 6. The van der Waals surface area contributed by atoms with E-state index >= 15 is 0 Å². The molecule has 0 saturated carbocycles. The highest BCUT2D eigenvalue weighted by Crippen LogP contribution is 2.03. The molecule has 0 saturated heterocycles. The van der Waals surface area contributed by atoms with Gasteiger partial charge in [-0.15, -0.1) is 0 Å². The molecule has 0 aromatic heterocycles. The predicted molar refractivity (Wildman–Crippen MR) is 49.9 cm³/mol. The first kappa shape index (κ1) is 11.5. The minimum Gasteiger partial charge on any atom is -0.465 e. The Hall–Kier alpha value is -0.530. The fraction of sp³-hybridized carbons (Fsp3) is 0.900. The summed E-state index contributed by atoms with van der Waals surface area (Å²) in [5, 5.41) is 0. The van der Waals surface area contributed by atoms with Crippen molar-refractivity contribution < 1.29 is 9.53 Å². The van der Waals surface area contributed by atoms with Gasteiger partial charge in [0, 0.05) is 6.42 Å². The van der Waals surface area contributed by atoms with Gasteiger partial charge in [0.25, 0.3) is 0 Å². The lowest BCUT2D eigenvalue weighted by atomic mass is 10.1. The Morgan fingerprint density at radius 2 is 2.08 bits per heavy atom. The van der Waals surface area contributed by atoms with Crippen molar-refractivity contribution in [1.82, 2.24) is 0 Å². The Labute approximate surface area is 75.3 Å². The van der Waals surface area contributed by atoms with Crippen LogP contribution in [0.1, 0.15) is 46.5 Å².